The highest BCUT2D eigenvalue weighted by atomic mass is 19.4. The molecule has 1 fully saturated rings. The molecule has 1 radical (unpaired) electrons. The highest BCUT2D eigenvalue weighted by Gasteiger charge is 2.30. The molecule has 0 aliphatic carbocycles. The second-order valence-corrected chi connectivity index (χ2v) is 6.23. The number of piperazine rings is 1. The first-order valence-corrected chi connectivity index (χ1v) is 8.52. The summed E-state index contributed by atoms with van der Waals surface area (Å²) in [5.74, 6) is -0.00221. The fraction of sp³-hybridized carbons (Fsp3) is 0.300. The number of para-hydroxylation sites is 1. The highest BCUT2D eigenvalue weighted by molar-refractivity contribution is 5.78. The molecule has 2 aromatic rings. The Hall–Kier alpha value is -2.50. The van der Waals surface area contributed by atoms with Crippen LogP contribution in [-0.2, 0) is 11.0 Å². The van der Waals surface area contributed by atoms with Crippen molar-refractivity contribution in [3.8, 4) is 0 Å². The zero-order valence-electron chi connectivity index (χ0n) is 14.2. The predicted octanol–water partition coefficient (Wildman–Crippen LogP) is 4.00. The third-order valence-corrected chi connectivity index (χ3v) is 4.50. The summed E-state index contributed by atoms with van der Waals surface area (Å²) >= 11 is 0. The number of amides is 1. The number of carbonyl (C=O) groups excluding carboxylic acids is 1. The first kappa shape index (κ1) is 18.3. The molecule has 0 spiro atoms. The predicted molar refractivity (Wildman–Crippen MR) is 94.7 cm³/mol. The number of anilines is 1. The van der Waals surface area contributed by atoms with E-state index in [1.807, 2.05) is 18.2 Å². The Kier molecular flexibility index (Phi) is 5.49. The lowest BCUT2D eigenvalue weighted by atomic mass is 10.1. The zero-order chi connectivity index (χ0) is 18.6. The molecule has 3 nitrogen and oxygen atoms in total. The molecule has 26 heavy (non-hydrogen) atoms. The van der Waals surface area contributed by atoms with Crippen molar-refractivity contribution in [2.75, 3.05) is 31.1 Å². The van der Waals surface area contributed by atoms with Gasteiger partial charge in [-0.15, -0.1) is 0 Å². The SMILES string of the molecule is O=C(C[CH]c1ccc(C(F)(F)F)cc1)N1CCN(c2ccccc2)CC1. The van der Waals surface area contributed by atoms with Crippen LogP contribution in [0.15, 0.2) is 54.6 Å². The Labute approximate surface area is 151 Å². The van der Waals surface area contributed by atoms with Gasteiger partial charge in [0, 0.05) is 38.3 Å². The van der Waals surface area contributed by atoms with Gasteiger partial charge >= 0.3 is 6.18 Å². The molecular weight excluding hydrogens is 341 g/mol. The molecule has 0 atom stereocenters. The summed E-state index contributed by atoms with van der Waals surface area (Å²) in [6.07, 6.45) is -2.48. The maximum absolute atomic E-state index is 12.6. The van der Waals surface area contributed by atoms with Crippen molar-refractivity contribution < 1.29 is 18.0 Å². The van der Waals surface area contributed by atoms with Gasteiger partial charge in [-0.05, 0) is 36.2 Å². The molecule has 0 unspecified atom stereocenters. The van der Waals surface area contributed by atoms with Crippen LogP contribution in [0.2, 0.25) is 0 Å². The largest absolute Gasteiger partial charge is 0.416 e. The number of halogens is 3. The fourth-order valence-electron chi connectivity index (χ4n) is 3.00. The van der Waals surface area contributed by atoms with Crippen LogP contribution in [0.3, 0.4) is 0 Å². The van der Waals surface area contributed by atoms with Crippen LogP contribution in [0.5, 0.6) is 0 Å². The molecule has 0 saturated carbocycles. The minimum absolute atomic E-state index is 0.00221. The third-order valence-electron chi connectivity index (χ3n) is 4.50. The number of rotatable bonds is 4. The van der Waals surface area contributed by atoms with Crippen molar-refractivity contribution in [3.63, 3.8) is 0 Å². The quantitative estimate of drug-likeness (QED) is 0.822. The lowest BCUT2D eigenvalue weighted by Crippen LogP contribution is -2.48. The van der Waals surface area contributed by atoms with Gasteiger partial charge < -0.3 is 9.80 Å². The summed E-state index contributed by atoms with van der Waals surface area (Å²) in [5.41, 5.74) is 1.09. The Balaban J connectivity index is 1.47. The fourth-order valence-corrected chi connectivity index (χ4v) is 3.00. The number of hydrogen-bond donors (Lipinski definition) is 0. The molecule has 0 N–H and O–H groups in total. The Morgan fingerprint density at radius 3 is 2.12 bits per heavy atom. The number of alkyl halides is 3. The van der Waals surface area contributed by atoms with Crippen LogP contribution >= 0.6 is 0 Å². The van der Waals surface area contributed by atoms with Gasteiger partial charge in [0.25, 0.3) is 0 Å². The number of carbonyl (C=O) groups is 1. The smallest absolute Gasteiger partial charge is 0.368 e. The van der Waals surface area contributed by atoms with E-state index in [4.69, 9.17) is 0 Å². The second-order valence-electron chi connectivity index (χ2n) is 6.23. The van der Waals surface area contributed by atoms with Crippen LogP contribution in [-0.4, -0.2) is 37.0 Å². The summed E-state index contributed by atoms with van der Waals surface area (Å²) in [5, 5.41) is 0. The van der Waals surface area contributed by atoms with E-state index in [0.717, 1.165) is 30.9 Å². The van der Waals surface area contributed by atoms with Gasteiger partial charge in [-0.2, -0.15) is 13.2 Å². The Morgan fingerprint density at radius 2 is 1.54 bits per heavy atom. The monoisotopic (exact) mass is 361 g/mol. The van der Waals surface area contributed by atoms with Gasteiger partial charge in [-0.1, -0.05) is 30.3 Å². The molecule has 1 heterocycles. The van der Waals surface area contributed by atoms with Crippen LogP contribution in [0.25, 0.3) is 0 Å². The van der Waals surface area contributed by atoms with Crippen LogP contribution in [0.1, 0.15) is 17.5 Å². The molecule has 0 bridgehead atoms. The van der Waals surface area contributed by atoms with E-state index >= 15 is 0 Å². The summed E-state index contributed by atoms with van der Waals surface area (Å²) in [6.45, 7) is 2.84. The van der Waals surface area contributed by atoms with Crippen LogP contribution in [0, 0.1) is 6.42 Å². The van der Waals surface area contributed by atoms with E-state index in [9.17, 15) is 18.0 Å². The van der Waals surface area contributed by atoms with Crippen molar-refractivity contribution in [3.05, 3.63) is 72.1 Å². The van der Waals surface area contributed by atoms with Crippen molar-refractivity contribution >= 4 is 11.6 Å². The standard InChI is InChI=1S/C20H20F3N2O/c21-20(22,23)17-9-6-16(7-10-17)8-11-19(26)25-14-12-24(13-15-25)18-4-2-1-3-5-18/h1-10H,11-15H2. The second kappa shape index (κ2) is 7.81. The van der Waals surface area contributed by atoms with E-state index in [0.29, 0.717) is 18.7 Å². The van der Waals surface area contributed by atoms with Gasteiger partial charge in [0.05, 0.1) is 5.56 Å². The van der Waals surface area contributed by atoms with Crippen LogP contribution in [0.4, 0.5) is 18.9 Å². The normalized spacial score (nSPS) is 15.2. The molecule has 6 heteroatoms. The topological polar surface area (TPSA) is 23.6 Å². The Morgan fingerprint density at radius 1 is 0.923 bits per heavy atom. The number of hydrogen-bond acceptors (Lipinski definition) is 2. The maximum atomic E-state index is 12.6. The number of nitrogens with zero attached hydrogens (tertiary/aromatic N) is 2. The molecular formula is C20H20F3N2O. The lowest BCUT2D eigenvalue weighted by molar-refractivity contribution is -0.137. The third kappa shape index (κ3) is 4.56. The van der Waals surface area contributed by atoms with E-state index in [2.05, 4.69) is 17.0 Å². The minimum atomic E-state index is -4.34. The molecule has 2 aromatic carbocycles. The van der Waals surface area contributed by atoms with Crippen LogP contribution < -0.4 is 4.90 Å². The summed E-state index contributed by atoms with van der Waals surface area (Å²) in [6, 6.07) is 14.9. The highest BCUT2D eigenvalue weighted by Crippen LogP contribution is 2.29. The van der Waals surface area contributed by atoms with Gasteiger partial charge in [-0.25, -0.2) is 0 Å². The van der Waals surface area contributed by atoms with Crippen molar-refractivity contribution in [2.45, 2.75) is 12.6 Å². The van der Waals surface area contributed by atoms with E-state index in [1.54, 1.807) is 11.3 Å². The first-order valence-electron chi connectivity index (χ1n) is 8.52. The average molecular weight is 361 g/mol. The summed E-state index contributed by atoms with van der Waals surface area (Å²) in [7, 11) is 0. The molecule has 0 aromatic heterocycles. The average Bonchev–Trinajstić information content (AvgIpc) is 2.66. The molecule has 137 valence electrons. The van der Waals surface area contributed by atoms with E-state index in [1.165, 1.54) is 12.1 Å². The number of benzene rings is 2. The Bertz CT molecular complexity index is 721. The molecule has 1 aliphatic heterocycles. The summed E-state index contributed by atoms with van der Waals surface area (Å²) in [4.78, 5) is 16.4. The van der Waals surface area contributed by atoms with E-state index < -0.39 is 11.7 Å². The van der Waals surface area contributed by atoms with Gasteiger partial charge in [0.1, 0.15) is 0 Å². The molecule has 1 saturated heterocycles. The van der Waals surface area contributed by atoms with Crippen molar-refractivity contribution in [2.24, 2.45) is 0 Å². The maximum Gasteiger partial charge on any atom is 0.416 e. The zero-order valence-corrected chi connectivity index (χ0v) is 14.2. The molecule has 1 aliphatic rings. The van der Waals surface area contributed by atoms with Crippen molar-refractivity contribution in [1.82, 2.24) is 4.90 Å². The first-order chi connectivity index (χ1) is 12.4. The van der Waals surface area contributed by atoms with E-state index in [-0.39, 0.29) is 12.3 Å². The summed E-state index contributed by atoms with van der Waals surface area (Å²) < 4.78 is 37.7. The molecule has 1 amide bonds. The van der Waals surface area contributed by atoms with Gasteiger partial charge in [-0.3, -0.25) is 4.79 Å². The minimum Gasteiger partial charge on any atom is -0.368 e. The van der Waals surface area contributed by atoms with Gasteiger partial charge in [0.2, 0.25) is 5.91 Å². The van der Waals surface area contributed by atoms with Crippen molar-refractivity contribution in [1.29, 1.82) is 0 Å². The lowest BCUT2D eigenvalue weighted by Gasteiger charge is -2.36. The molecule has 3 rings (SSSR count). The van der Waals surface area contributed by atoms with Gasteiger partial charge in [0.15, 0.2) is 0 Å².